The number of anilines is 2. The molecule has 3 aromatic rings. The van der Waals surface area contributed by atoms with Gasteiger partial charge in [-0.15, -0.1) is 0 Å². The summed E-state index contributed by atoms with van der Waals surface area (Å²) in [6.45, 7) is 0. The molecule has 0 bridgehead atoms. The van der Waals surface area contributed by atoms with E-state index in [1.807, 2.05) is 4.72 Å². The Morgan fingerprint density at radius 3 is 2.25 bits per heavy atom. The van der Waals surface area contributed by atoms with Crippen molar-refractivity contribution in [2.75, 3.05) is 10.6 Å². The molecule has 11 heteroatoms. The number of nitro benzene ring substituents is 1. The van der Waals surface area contributed by atoms with Crippen LogP contribution in [0, 0.1) is 10.1 Å². The maximum Gasteiger partial charge on any atom is 0.293 e. The molecule has 1 aliphatic rings. The predicted octanol–water partition coefficient (Wildman–Crippen LogP) is 4.32. The molecular formula is C25H24N4O6S. The van der Waals surface area contributed by atoms with Gasteiger partial charge in [0.25, 0.3) is 27.5 Å². The van der Waals surface area contributed by atoms with Crippen LogP contribution in [0.2, 0.25) is 0 Å². The fraction of sp³-hybridized carbons (Fsp3) is 0.200. The first-order valence-electron chi connectivity index (χ1n) is 11.3. The fourth-order valence-corrected chi connectivity index (χ4v) is 5.01. The standard InChI is InChI=1S/C25H24N4O6S/c30-24(18-13-14-22(23(16-18)29(32)33)26-19-8-4-5-9-19)27-20-10-6-7-17(15-20)25(31)28-36(34,35)21-11-2-1-3-12-21/h1-3,6-7,10-16,19,26H,4-5,8-9H2,(H,27,30)(H,28,31). The van der Waals surface area contributed by atoms with Gasteiger partial charge >= 0.3 is 0 Å². The third-order valence-corrected chi connectivity index (χ3v) is 7.18. The quantitative estimate of drug-likeness (QED) is 0.303. The van der Waals surface area contributed by atoms with E-state index in [0.29, 0.717) is 5.69 Å². The van der Waals surface area contributed by atoms with Gasteiger partial charge in [0, 0.05) is 28.9 Å². The zero-order chi connectivity index (χ0) is 25.7. The van der Waals surface area contributed by atoms with Crippen molar-refractivity contribution in [1.29, 1.82) is 0 Å². The largest absolute Gasteiger partial charge is 0.377 e. The normalized spacial score (nSPS) is 13.7. The third-order valence-electron chi connectivity index (χ3n) is 5.83. The van der Waals surface area contributed by atoms with E-state index in [1.165, 1.54) is 66.7 Å². The number of nitro groups is 1. The topological polar surface area (TPSA) is 148 Å². The second kappa shape index (κ2) is 10.6. The molecule has 0 radical (unpaired) electrons. The molecule has 0 unspecified atom stereocenters. The third kappa shape index (κ3) is 5.87. The van der Waals surface area contributed by atoms with Gasteiger partial charge in [-0.05, 0) is 55.3 Å². The van der Waals surface area contributed by atoms with Gasteiger partial charge in [-0.1, -0.05) is 37.1 Å². The van der Waals surface area contributed by atoms with Gasteiger partial charge in [-0.2, -0.15) is 0 Å². The van der Waals surface area contributed by atoms with Crippen molar-refractivity contribution in [2.45, 2.75) is 36.6 Å². The van der Waals surface area contributed by atoms with Crippen molar-refractivity contribution in [3.63, 3.8) is 0 Å². The van der Waals surface area contributed by atoms with Crippen LogP contribution < -0.4 is 15.4 Å². The molecule has 186 valence electrons. The molecule has 1 saturated carbocycles. The Morgan fingerprint density at radius 1 is 0.861 bits per heavy atom. The highest BCUT2D eigenvalue weighted by molar-refractivity contribution is 7.90. The molecule has 2 amide bonds. The van der Waals surface area contributed by atoms with Crippen LogP contribution >= 0.6 is 0 Å². The maximum atomic E-state index is 12.8. The van der Waals surface area contributed by atoms with Crippen LogP contribution in [-0.2, 0) is 10.0 Å². The molecule has 0 aliphatic heterocycles. The van der Waals surface area contributed by atoms with Crippen LogP contribution in [0.3, 0.4) is 0 Å². The van der Waals surface area contributed by atoms with Crippen LogP contribution in [0.4, 0.5) is 17.1 Å². The molecule has 0 atom stereocenters. The molecule has 4 rings (SSSR count). The second-order valence-corrected chi connectivity index (χ2v) is 10.1. The zero-order valence-corrected chi connectivity index (χ0v) is 20.0. The molecule has 10 nitrogen and oxygen atoms in total. The Hall–Kier alpha value is -4.25. The van der Waals surface area contributed by atoms with E-state index >= 15 is 0 Å². The summed E-state index contributed by atoms with van der Waals surface area (Å²) in [5.41, 5.74) is 0.464. The van der Waals surface area contributed by atoms with E-state index in [1.54, 1.807) is 6.07 Å². The van der Waals surface area contributed by atoms with E-state index in [9.17, 15) is 28.1 Å². The van der Waals surface area contributed by atoms with Gasteiger partial charge in [0.1, 0.15) is 5.69 Å². The number of rotatable bonds is 8. The van der Waals surface area contributed by atoms with Gasteiger partial charge < -0.3 is 10.6 Å². The first kappa shape index (κ1) is 24.9. The SMILES string of the molecule is O=C(Nc1cccc(C(=O)NS(=O)(=O)c2ccccc2)c1)c1ccc(NC2CCCC2)c([N+](=O)[O-])c1. The van der Waals surface area contributed by atoms with Crippen LogP contribution in [0.5, 0.6) is 0 Å². The number of carbonyl (C=O) groups is 2. The summed E-state index contributed by atoms with van der Waals surface area (Å²) in [5, 5.41) is 17.4. The number of carbonyl (C=O) groups excluding carboxylic acids is 2. The summed E-state index contributed by atoms with van der Waals surface area (Å²) >= 11 is 0. The molecule has 1 aliphatic carbocycles. The van der Waals surface area contributed by atoms with E-state index in [-0.39, 0.29) is 33.4 Å². The second-order valence-electron chi connectivity index (χ2n) is 8.40. The smallest absolute Gasteiger partial charge is 0.293 e. The summed E-state index contributed by atoms with van der Waals surface area (Å²) in [6, 6.07) is 17.6. The lowest BCUT2D eigenvalue weighted by Gasteiger charge is -2.14. The average molecular weight is 509 g/mol. The lowest BCUT2D eigenvalue weighted by Crippen LogP contribution is -2.30. The number of hydrogen-bond donors (Lipinski definition) is 3. The lowest BCUT2D eigenvalue weighted by atomic mass is 10.1. The van der Waals surface area contributed by atoms with Crippen molar-refractivity contribution >= 4 is 38.9 Å². The first-order valence-corrected chi connectivity index (χ1v) is 12.8. The van der Waals surface area contributed by atoms with E-state index < -0.39 is 26.8 Å². The van der Waals surface area contributed by atoms with Crippen LogP contribution in [0.1, 0.15) is 46.4 Å². The lowest BCUT2D eigenvalue weighted by molar-refractivity contribution is -0.384. The van der Waals surface area contributed by atoms with E-state index in [2.05, 4.69) is 10.6 Å². The number of nitrogens with zero attached hydrogens (tertiary/aromatic N) is 1. The predicted molar refractivity (Wildman–Crippen MR) is 134 cm³/mol. The van der Waals surface area contributed by atoms with Gasteiger partial charge in [0.15, 0.2) is 0 Å². The van der Waals surface area contributed by atoms with E-state index in [4.69, 9.17) is 0 Å². The first-order chi connectivity index (χ1) is 17.2. The van der Waals surface area contributed by atoms with Gasteiger partial charge in [0.2, 0.25) is 0 Å². The van der Waals surface area contributed by atoms with Crippen LogP contribution in [0.15, 0.2) is 77.7 Å². The zero-order valence-electron chi connectivity index (χ0n) is 19.1. The van der Waals surface area contributed by atoms with Crippen molar-refractivity contribution in [2.24, 2.45) is 0 Å². The number of nitrogens with one attached hydrogen (secondary N) is 3. The molecule has 0 heterocycles. The highest BCUT2D eigenvalue weighted by Gasteiger charge is 2.22. The summed E-state index contributed by atoms with van der Waals surface area (Å²) in [5.74, 6) is -1.48. The number of hydrogen-bond acceptors (Lipinski definition) is 7. The van der Waals surface area contributed by atoms with Gasteiger partial charge in [-0.25, -0.2) is 13.1 Å². The van der Waals surface area contributed by atoms with E-state index in [0.717, 1.165) is 25.7 Å². The van der Waals surface area contributed by atoms with Gasteiger partial charge in [0.05, 0.1) is 9.82 Å². The number of amides is 2. The molecule has 3 N–H and O–H groups in total. The minimum absolute atomic E-state index is 0.00870. The van der Waals surface area contributed by atoms with Crippen molar-refractivity contribution in [3.8, 4) is 0 Å². The Balaban J connectivity index is 1.48. The summed E-state index contributed by atoms with van der Waals surface area (Å²) in [6.07, 6.45) is 4.02. The fourth-order valence-electron chi connectivity index (χ4n) is 4.02. The monoisotopic (exact) mass is 508 g/mol. The molecule has 0 spiro atoms. The summed E-state index contributed by atoms with van der Waals surface area (Å²) in [4.78, 5) is 36.4. The molecule has 36 heavy (non-hydrogen) atoms. The Labute approximate surface area is 207 Å². The van der Waals surface area contributed by atoms with Crippen LogP contribution in [-0.4, -0.2) is 31.2 Å². The maximum absolute atomic E-state index is 12.8. The Morgan fingerprint density at radius 2 is 1.56 bits per heavy atom. The minimum atomic E-state index is -4.07. The highest BCUT2D eigenvalue weighted by atomic mass is 32.2. The number of benzene rings is 3. The molecule has 3 aromatic carbocycles. The molecular weight excluding hydrogens is 484 g/mol. The Kier molecular flexibility index (Phi) is 7.30. The van der Waals surface area contributed by atoms with Crippen molar-refractivity contribution in [3.05, 3.63) is 94.0 Å². The molecule has 0 aromatic heterocycles. The molecule has 1 fully saturated rings. The number of sulfonamides is 1. The highest BCUT2D eigenvalue weighted by Crippen LogP contribution is 2.30. The summed E-state index contributed by atoms with van der Waals surface area (Å²) in [7, 11) is -4.07. The minimum Gasteiger partial charge on any atom is -0.377 e. The van der Waals surface area contributed by atoms with Crippen LogP contribution in [0.25, 0.3) is 0 Å². The Bertz CT molecular complexity index is 1400. The van der Waals surface area contributed by atoms with Gasteiger partial charge in [-0.3, -0.25) is 19.7 Å². The van der Waals surface area contributed by atoms with Crippen molar-refractivity contribution in [1.82, 2.24) is 4.72 Å². The summed E-state index contributed by atoms with van der Waals surface area (Å²) < 4.78 is 26.8. The molecule has 0 saturated heterocycles. The average Bonchev–Trinajstić information content (AvgIpc) is 3.37. The van der Waals surface area contributed by atoms with Crippen molar-refractivity contribution < 1.29 is 22.9 Å².